The number of hydrogen-bond acceptors (Lipinski definition) is 3. The molecular weight excluding hydrogens is 909 g/mol. The molecule has 4 fully saturated rings. The smallest absolute Gasteiger partial charge is 0 e. The van der Waals surface area contributed by atoms with Crippen LogP contribution in [0.2, 0.25) is 12.0 Å². The molecule has 230 valence electrons. The van der Waals surface area contributed by atoms with Gasteiger partial charge in [0.2, 0.25) is 0 Å². The van der Waals surface area contributed by atoms with Gasteiger partial charge < -0.3 is 0 Å². The molecule has 0 aliphatic carbocycles. The van der Waals surface area contributed by atoms with Gasteiger partial charge in [0.25, 0.3) is 0 Å². The average molecular weight is 918 g/mol. The van der Waals surface area contributed by atoms with Crippen LogP contribution < -0.4 is 0 Å². The summed E-state index contributed by atoms with van der Waals surface area (Å²) < 4.78 is 134. The normalized spacial score (nSPS) is 15.8. The Morgan fingerprint density at radius 1 is 0.318 bits per heavy atom. The SMILES string of the molecule is CC12O[As]3C[As](C[As](C3)O1)O2.[C-]#[O+].[C-]#[O+].[C-]#[O+].[C-]#[O+].[C-]#[O+].[C-]#[O+].[C-]#[O+].[C-]#[O+].[C-]#[O+].[C-]#[O+].[C-]#[O+].[C-]#[O+].[C-]#[O+].[C-]#[O+].[C-]#[O+].[Cr].[Cr].[Cr]. The first-order valence-corrected chi connectivity index (χ1v) is 16.9. The van der Waals surface area contributed by atoms with E-state index < -0.39 is 51.0 Å². The zero-order valence-corrected chi connectivity index (χ0v) is 30.5. The van der Waals surface area contributed by atoms with Crippen molar-refractivity contribution in [3.05, 3.63) is 99.8 Å². The first-order chi connectivity index (χ1) is 20.2. The Balaban J connectivity index is -0.0000000150. The van der Waals surface area contributed by atoms with Crippen LogP contribution in [-0.4, -0.2) is 51.0 Å². The molecular formula is C20H9As3Cr3O18. The molecule has 0 radical (unpaired) electrons. The summed E-state index contributed by atoms with van der Waals surface area (Å²) in [7, 11) is 0. The maximum absolute atomic E-state index is 7.50. The van der Waals surface area contributed by atoms with Gasteiger partial charge in [-0.05, 0) is 0 Å². The molecule has 4 aliphatic rings. The third-order valence-electron chi connectivity index (χ3n) is 1.83. The summed E-state index contributed by atoms with van der Waals surface area (Å²) in [5.74, 6) is -0.505. The molecule has 0 aromatic carbocycles. The Labute approximate surface area is 300 Å². The quantitative estimate of drug-likeness (QED) is 0.181. The van der Waals surface area contributed by atoms with Gasteiger partial charge in [-0.25, -0.2) is 0 Å². The van der Waals surface area contributed by atoms with Crippen molar-refractivity contribution in [1.29, 1.82) is 0 Å². The molecule has 0 aromatic heterocycles. The molecule has 4 saturated heterocycles. The minimum atomic E-state index is -0.837. The van der Waals surface area contributed by atoms with Crippen LogP contribution in [0.4, 0.5) is 0 Å². The first-order valence-electron chi connectivity index (χ1n) is 6.62. The fourth-order valence-corrected chi connectivity index (χ4v) is 42.8. The summed E-state index contributed by atoms with van der Waals surface area (Å²) in [6, 6.07) is 0. The summed E-state index contributed by atoms with van der Waals surface area (Å²) in [6.07, 6.45) is 0. The minimum absolute atomic E-state index is 0. The molecule has 0 N–H and O–H groups in total. The molecule has 24 heteroatoms. The molecule has 18 nitrogen and oxygen atoms in total. The van der Waals surface area contributed by atoms with Crippen LogP contribution in [0.5, 0.6) is 0 Å². The Kier molecular flexibility index (Phi) is 414. The van der Waals surface area contributed by atoms with E-state index in [0.717, 1.165) is 0 Å². The Morgan fingerprint density at radius 2 is 0.409 bits per heavy atom. The summed E-state index contributed by atoms with van der Waals surface area (Å²) in [5, 5.41) is 0. The molecule has 0 spiro atoms. The molecule has 4 bridgehead atoms. The van der Waals surface area contributed by atoms with Crippen molar-refractivity contribution >= 4 is 45.0 Å². The van der Waals surface area contributed by atoms with E-state index in [-0.39, 0.29) is 52.1 Å². The predicted octanol–water partition coefficient (Wildman–Crippen LogP) is -0.227. The maximum Gasteiger partial charge on any atom is 0 e. The van der Waals surface area contributed by atoms with Crippen LogP contribution in [0.15, 0.2) is 0 Å². The summed E-state index contributed by atoms with van der Waals surface area (Å²) in [5.41, 5.74) is 0. The Morgan fingerprint density at radius 3 is 0.477 bits per heavy atom. The van der Waals surface area contributed by atoms with E-state index in [1.807, 2.05) is 6.92 Å². The van der Waals surface area contributed by atoms with Crippen molar-refractivity contribution in [1.82, 2.24) is 0 Å². The Bertz CT molecular complexity index is 581. The molecule has 44 heavy (non-hydrogen) atoms. The van der Waals surface area contributed by atoms with Crippen LogP contribution in [-0.2, 0) is 133 Å². The fourth-order valence-electron chi connectivity index (χ4n) is 1.59. The van der Waals surface area contributed by atoms with Crippen LogP contribution in [0.25, 0.3) is 0 Å². The molecule has 0 aromatic rings. The molecule has 4 aliphatic heterocycles. The van der Waals surface area contributed by atoms with Gasteiger partial charge in [-0.15, -0.1) is 0 Å². The van der Waals surface area contributed by atoms with Crippen molar-refractivity contribution in [3.63, 3.8) is 0 Å². The van der Waals surface area contributed by atoms with Crippen molar-refractivity contribution < 1.29 is 133 Å². The zero-order chi connectivity index (χ0) is 37.5. The van der Waals surface area contributed by atoms with Gasteiger partial charge in [0, 0.05) is 52.1 Å². The van der Waals surface area contributed by atoms with Crippen molar-refractivity contribution in [3.8, 4) is 0 Å². The van der Waals surface area contributed by atoms with Crippen LogP contribution in [0.1, 0.15) is 6.92 Å². The van der Waals surface area contributed by atoms with E-state index in [4.69, 9.17) is 81.0 Å². The van der Waals surface area contributed by atoms with Crippen molar-refractivity contribution in [2.75, 3.05) is 0 Å². The van der Waals surface area contributed by atoms with E-state index in [9.17, 15) is 0 Å². The minimum Gasteiger partial charge on any atom is 0 e. The van der Waals surface area contributed by atoms with E-state index in [2.05, 4.69) is 99.8 Å². The van der Waals surface area contributed by atoms with Crippen LogP contribution in [0.3, 0.4) is 0 Å². The third kappa shape index (κ3) is 97.0. The molecule has 0 unspecified atom stereocenters. The number of rotatable bonds is 0. The van der Waals surface area contributed by atoms with Gasteiger partial charge in [-0.1, -0.05) is 0 Å². The summed E-state index contributed by atoms with van der Waals surface area (Å²) in [6.45, 7) is 69.5. The summed E-state index contributed by atoms with van der Waals surface area (Å²) in [4.78, 5) is 0. The summed E-state index contributed by atoms with van der Waals surface area (Å²) >= 11 is -2.51. The van der Waals surface area contributed by atoms with Crippen LogP contribution in [0, 0.1) is 99.8 Å². The van der Waals surface area contributed by atoms with E-state index in [0.29, 0.717) is 0 Å². The second-order valence-electron chi connectivity index (χ2n) is 3.01. The standard InChI is InChI=1S/C5H9As3O3.15CO.3Cr/c1-5-9-6-2-7(10-5)4-8(3-6)11-5;15*1-2;;;/h2-4H2,1H3;;;;;;;;;;;;;;;;;;. The van der Waals surface area contributed by atoms with E-state index in [1.54, 1.807) is 0 Å². The molecule has 0 saturated carbocycles. The van der Waals surface area contributed by atoms with Crippen LogP contribution >= 0.6 is 0 Å². The molecule has 4 heterocycles. The molecule has 0 amide bonds. The van der Waals surface area contributed by atoms with E-state index >= 15 is 0 Å². The second-order valence-corrected chi connectivity index (χ2v) is 21.3. The van der Waals surface area contributed by atoms with Crippen molar-refractivity contribution in [2.45, 2.75) is 24.9 Å². The second kappa shape index (κ2) is 175. The number of hydrogen-bond donors (Lipinski definition) is 0. The maximum atomic E-state index is 7.50. The monoisotopic (exact) mass is 918 g/mol. The average Bonchev–Trinajstić information content (AvgIpc) is 3.13. The first kappa shape index (κ1) is 104. The fraction of sp³-hybridized carbons (Fsp3) is 0.250. The van der Waals surface area contributed by atoms with Gasteiger partial charge in [0.05, 0.1) is 0 Å². The van der Waals surface area contributed by atoms with E-state index in [1.165, 1.54) is 12.0 Å². The third-order valence-corrected chi connectivity index (χ3v) is 30.2. The largest absolute Gasteiger partial charge is 0 e. The zero-order valence-electron chi connectivity index (χ0n) is 21.0. The Hall–Kier alpha value is -0.747. The van der Waals surface area contributed by atoms with Crippen molar-refractivity contribution in [2.24, 2.45) is 0 Å². The van der Waals surface area contributed by atoms with Gasteiger partial charge in [0.1, 0.15) is 0 Å². The predicted molar refractivity (Wildman–Crippen MR) is 102 cm³/mol. The molecule has 0 atom stereocenters. The van der Waals surface area contributed by atoms with Gasteiger partial charge in [-0.3, -0.25) is 0 Å². The van der Waals surface area contributed by atoms with Gasteiger partial charge in [-0.2, -0.15) is 0 Å². The topological polar surface area (TPSA) is 326 Å². The van der Waals surface area contributed by atoms with Gasteiger partial charge >= 0.3 is 251 Å². The van der Waals surface area contributed by atoms with Gasteiger partial charge in [0.15, 0.2) is 0 Å². The molecule has 4 rings (SSSR count).